The number of benzene rings is 2. The smallest absolute Gasteiger partial charge is 0.291 e. The number of anilines is 3. The van der Waals surface area contributed by atoms with Gasteiger partial charge in [0.1, 0.15) is 0 Å². The number of furan rings is 1. The Morgan fingerprint density at radius 3 is 2.27 bits per heavy atom. The van der Waals surface area contributed by atoms with Crippen molar-refractivity contribution in [2.75, 3.05) is 16.4 Å². The summed E-state index contributed by atoms with van der Waals surface area (Å²) in [6, 6.07) is 12.7. The maximum absolute atomic E-state index is 12.6. The van der Waals surface area contributed by atoms with Gasteiger partial charge in [0.05, 0.1) is 33.2 Å². The highest BCUT2D eigenvalue weighted by molar-refractivity contribution is 6.39. The molecule has 0 spiro atoms. The molecule has 132 valence electrons. The van der Waals surface area contributed by atoms with Crippen LogP contribution in [-0.4, -0.2) is 11.8 Å². The highest BCUT2D eigenvalue weighted by Gasteiger charge is 2.16. The molecule has 0 atom stereocenters. The molecular weight excluding hydrogens is 377 g/mol. The normalized spacial score (nSPS) is 10.4. The van der Waals surface area contributed by atoms with Crippen molar-refractivity contribution in [3.05, 3.63) is 76.2 Å². The number of nitrogens with one attached hydrogen (secondary N) is 2. The lowest BCUT2D eigenvalue weighted by molar-refractivity contribution is 0.0996. The van der Waals surface area contributed by atoms with Crippen molar-refractivity contribution in [2.24, 2.45) is 0 Å². The van der Waals surface area contributed by atoms with Crippen LogP contribution in [0.1, 0.15) is 20.9 Å². The first-order valence-electron chi connectivity index (χ1n) is 7.45. The van der Waals surface area contributed by atoms with Crippen molar-refractivity contribution in [3.8, 4) is 0 Å². The van der Waals surface area contributed by atoms with E-state index in [-0.39, 0.29) is 27.1 Å². The van der Waals surface area contributed by atoms with Gasteiger partial charge in [-0.25, -0.2) is 0 Å². The first kappa shape index (κ1) is 17.8. The Morgan fingerprint density at radius 1 is 0.923 bits per heavy atom. The number of para-hydroxylation sites is 1. The second-order valence-electron chi connectivity index (χ2n) is 5.28. The lowest BCUT2D eigenvalue weighted by Gasteiger charge is -2.12. The Labute approximate surface area is 158 Å². The number of nitrogen functional groups attached to an aromatic ring is 1. The van der Waals surface area contributed by atoms with E-state index in [0.717, 1.165) is 0 Å². The van der Waals surface area contributed by atoms with E-state index in [0.29, 0.717) is 11.4 Å². The van der Waals surface area contributed by atoms with Gasteiger partial charge in [0.25, 0.3) is 11.8 Å². The Hall–Kier alpha value is -2.96. The van der Waals surface area contributed by atoms with E-state index >= 15 is 0 Å². The van der Waals surface area contributed by atoms with Gasteiger partial charge >= 0.3 is 0 Å². The number of rotatable bonds is 4. The van der Waals surface area contributed by atoms with Crippen LogP contribution in [0.3, 0.4) is 0 Å². The third kappa shape index (κ3) is 3.82. The molecule has 0 saturated heterocycles. The van der Waals surface area contributed by atoms with E-state index < -0.39 is 11.8 Å². The molecule has 0 aliphatic carbocycles. The maximum atomic E-state index is 12.6. The van der Waals surface area contributed by atoms with Crippen LogP contribution in [0, 0.1) is 0 Å². The SMILES string of the molecule is Nc1c(Cl)cc(NC(=O)c2ccccc2NC(=O)c2ccco2)cc1Cl. The maximum Gasteiger partial charge on any atom is 0.291 e. The second-order valence-corrected chi connectivity index (χ2v) is 6.10. The monoisotopic (exact) mass is 389 g/mol. The van der Waals surface area contributed by atoms with Crippen LogP contribution in [0.5, 0.6) is 0 Å². The molecule has 0 unspecified atom stereocenters. The molecule has 3 aromatic rings. The zero-order valence-corrected chi connectivity index (χ0v) is 14.8. The van der Waals surface area contributed by atoms with Gasteiger partial charge in [0.2, 0.25) is 0 Å². The standard InChI is InChI=1S/C18H13Cl2N3O3/c19-12-8-10(9-13(20)16(12)21)22-17(24)11-4-1-2-5-14(11)23-18(25)15-6-3-7-26-15/h1-9H,21H2,(H,22,24)(H,23,25). The molecule has 2 amide bonds. The molecule has 1 aromatic heterocycles. The third-order valence-corrected chi connectivity index (χ3v) is 4.13. The fourth-order valence-electron chi connectivity index (χ4n) is 2.24. The van der Waals surface area contributed by atoms with Crippen LogP contribution in [0.2, 0.25) is 10.0 Å². The van der Waals surface area contributed by atoms with E-state index in [9.17, 15) is 9.59 Å². The summed E-state index contributed by atoms with van der Waals surface area (Å²) >= 11 is 12.0. The average molecular weight is 390 g/mol. The topological polar surface area (TPSA) is 97.4 Å². The molecular formula is C18H13Cl2N3O3. The largest absolute Gasteiger partial charge is 0.459 e. The van der Waals surface area contributed by atoms with Gasteiger partial charge in [-0.2, -0.15) is 0 Å². The van der Waals surface area contributed by atoms with Crippen LogP contribution in [0.15, 0.2) is 59.2 Å². The molecule has 0 aliphatic heterocycles. The summed E-state index contributed by atoms with van der Waals surface area (Å²) in [4.78, 5) is 24.8. The lowest BCUT2D eigenvalue weighted by atomic mass is 10.1. The van der Waals surface area contributed by atoms with Gasteiger partial charge in [-0.05, 0) is 36.4 Å². The molecule has 1 heterocycles. The highest BCUT2D eigenvalue weighted by Crippen LogP contribution is 2.31. The number of hydrogen-bond donors (Lipinski definition) is 3. The van der Waals surface area contributed by atoms with Crippen LogP contribution >= 0.6 is 23.2 Å². The Balaban J connectivity index is 1.83. The fourth-order valence-corrected chi connectivity index (χ4v) is 2.72. The molecule has 2 aromatic carbocycles. The number of amides is 2. The number of hydrogen-bond acceptors (Lipinski definition) is 4. The van der Waals surface area contributed by atoms with Crippen molar-refractivity contribution in [2.45, 2.75) is 0 Å². The molecule has 8 heteroatoms. The summed E-state index contributed by atoms with van der Waals surface area (Å²) in [5.74, 6) is -0.775. The molecule has 0 saturated carbocycles. The van der Waals surface area contributed by atoms with E-state index in [2.05, 4.69) is 10.6 Å². The summed E-state index contributed by atoms with van der Waals surface area (Å²) in [7, 11) is 0. The average Bonchev–Trinajstić information content (AvgIpc) is 3.15. The van der Waals surface area contributed by atoms with Gasteiger partial charge in [-0.3, -0.25) is 9.59 Å². The summed E-state index contributed by atoms with van der Waals surface area (Å²) in [5.41, 5.74) is 6.89. The quantitative estimate of drug-likeness (QED) is 0.564. The molecule has 0 radical (unpaired) electrons. The number of carbonyl (C=O) groups excluding carboxylic acids is 2. The molecule has 26 heavy (non-hydrogen) atoms. The number of nitrogens with two attached hydrogens (primary N) is 1. The minimum absolute atomic E-state index is 0.136. The van der Waals surface area contributed by atoms with Crippen molar-refractivity contribution < 1.29 is 14.0 Å². The summed E-state index contributed by atoms with van der Waals surface area (Å²) in [6.07, 6.45) is 1.39. The molecule has 0 bridgehead atoms. The van der Waals surface area contributed by atoms with E-state index in [1.54, 1.807) is 30.3 Å². The van der Waals surface area contributed by atoms with Crippen LogP contribution in [0.25, 0.3) is 0 Å². The van der Waals surface area contributed by atoms with Crippen molar-refractivity contribution in [1.82, 2.24) is 0 Å². The van der Waals surface area contributed by atoms with Gasteiger partial charge < -0.3 is 20.8 Å². The molecule has 0 fully saturated rings. The van der Waals surface area contributed by atoms with E-state index in [1.165, 1.54) is 24.5 Å². The van der Waals surface area contributed by atoms with Crippen LogP contribution in [-0.2, 0) is 0 Å². The molecule has 0 aliphatic rings. The minimum Gasteiger partial charge on any atom is -0.459 e. The van der Waals surface area contributed by atoms with Crippen molar-refractivity contribution in [3.63, 3.8) is 0 Å². The summed E-state index contributed by atoms with van der Waals surface area (Å²) in [6.45, 7) is 0. The lowest BCUT2D eigenvalue weighted by Crippen LogP contribution is -2.18. The molecule has 3 rings (SSSR count). The Bertz CT molecular complexity index is 949. The first-order valence-corrected chi connectivity index (χ1v) is 8.21. The molecule has 6 nitrogen and oxygen atoms in total. The fraction of sp³-hybridized carbons (Fsp3) is 0. The van der Waals surface area contributed by atoms with Crippen LogP contribution < -0.4 is 16.4 Å². The summed E-state index contributed by atoms with van der Waals surface area (Å²) in [5, 5.41) is 5.78. The zero-order valence-electron chi connectivity index (χ0n) is 13.3. The predicted molar refractivity (Wildman–Crippen MR) is 102 cm³/mol. The predicted octanol–water partition coefficient (Wildman–Crippen LogP) is 4.67. The van der Waals surface area contributed by atoms with Gasteiger partial charge in [-0.1, -0.05) is 35.3 Å². The highest BCUT2D eigenvalue weighted by atomic mass is 35.5. The Morgan fingerprint density at radius 2 is 1.62 bits per heavy atom. The number of carbonyl (C=O) groups is 2. The molecule has 4 N–H and O–H groups in total. The first-order chi connectivity index (χ1) is 12.5. The van der Waals surface area contributed by atoms with Gasteiger partial charge in [0, 0.05) is 5.69 Å². The van der Waals surface area contributed by atoms with E-state index in [4.69, 9.17) is 33.4 Å². The van der Waals surface area contributed by atoms with Crippen molar-refractivity contribution >= 4 is 52.1 Å². The zero-order chi connectivity index (χ0) is 18.7. The van der Waals surface area contributed by atoms with Crippen molar-refractivity contribution in [1.29, 1.82) is 0 Å². The second kappa shape index (κ2) is 7.51. The van der Waals surface area contributed by atoms with Gasteiger partial charge in [0.15, 0.2) is 5.76 Å². The van der Waals surface area contributed by atoms with E-state index in [1.807, 2.05) is 0 Å². The van der Waals surface area contributed by atoms with Crippen LogP contribution in [0.4, 0.5) is 17.1 Å². The summed E-state index contributed by atoms with van der Waals surface area (Å²) < 4.78 is 5.05. The minimum atomic E-state index is -0.464. The Kier molecular flexibility index (Phi) is 5.16. The third-order valence-electron chi connectivity index (χ3n) is 3.50. The van der Waals surface area contributed by atoms with Gasteiger partial charge in [-0.15, -0.1) is 0 Å². The number of halogens is 2.